The summed E-state index contributed by atoms with van der Waals surface area (Å²) in [5.41, 5.74) is -1.22. The molecule has 4 rings (SSSR count). The van der Waals surface area contributed by atoms with Crippen LogP contribution >= 0.6 is 0 Å². The smallest absolute Gasteiger partial charge is 0.199 e. The Morgan fingerprint density at radius 3 is 2.52 bits per heavy atom. The molecule has 0 aromatic rings. The Kier molecular flexibility index (Phi) is 2.94. The topological polar surface area (TPSA) is 49.3 Å². The van der Waals surface area contributed by atoms with E-state index in [4.69, 9.17) is 18.7 Å². The van der Waals surface area contributed by atoms with E-state index in [1.165, 1.54) is 0 Å². The number of nitrogens with zero attached hydrogens (tertiary/aromatic N) is 1. The number of fused-ring (bicyclic) bond motifs is 3. The quantitative estimate of drug-likeness (QED) is 0.725. The maximum absolute atomic E-state index is 6.74. The van der Waals surface area contributed by atoms with E-state index in [0.29, 0.717) is 0 Å². The minimum atomic E-state index is -1.87. The Labute approximate surface area is 139 Å². The third-order valence-corrected chi connectivity index (χ3v) is 11.5. The first-order valence-electron chi connectivity index (χ1n) is 8.69. The average molecular weight is 340 g/mol. The minimum Gasteiger partial charge on any atom is -0.411 e. The number of hydrogen-bond donors (Lipinski definition) is 0. The Morgan fingerprint density at radius 2 is 1.96 bits per heavy atom. The van der Waals surface area contributed by atoms with Gasteiger partial charge in [-0.05, 0) is 32.0 Å². The van der Waals surface area contributed by atoms with Crippen LogP contribution in [0.25, 0.3) is 0 Å². The second-order valence-corrected chi connectivity index (χ2v) is 14.3. The van der Waals surface area contributed by atoms with Crippen LogP contribution in [0.15, 0.2) is 5.16 Å². The molecule has 0 saturated carbocycles. The van der Waals surface area contributed by atoms with Crippen LogP contribution in [-0.2, 0) is 18.7 Å². The Morgan fingerprint density at radius 1 is 1.26 bits per heavy atom. The summed E-state index contributed by atoms with van der Waals surface area (Å²) in [5.74, 6) is 0. The van der Waals surface area contributed by atoms with Crippen LogP contribution in [0, 0.1) is 0 Å². The Hall–Kier alpha value is -0.433. The molecule has 4 aliphatic rings. The van der Waals surface area contributed by atoms with Crippen molar-refractivity contribution in [2.45, 2.75) is 101 Å². The van der Waals surface area contributed by atoms with Crippen molar-refractivity contribution in [2.75, 3.05) is 0 Å². The van der Waals surface area contributed by atoms with Gasteiger partial charge in [0.1, 0.15) is 23.4 Å². The third kappa shape index (κ3) is 1.76. The predicted molar refractivity (Wildman–Crippen MR) is 90.2 cm³/mol. The summed E-state index contributed by atoms with van der Waals surface area (Å²) in [5, 5.41) is 4.23. The molecule has 0 radical (unpaired) electrons. The number of oxime groups is 1. The number of ether oxygens (including phenoxy) is 2. The molecule has 0 N–H and O–H groups in total. The van der Waals surface area contributed by atoms with E-state index in [9.17, 15) is 0 Å². The van der Waals surface area contributed by atoms with Crippen LogP contribution in [0.2, 0.25) is 18.1 Å². The van der Waals surface area contributed by atoms with Crippen molar-refractivity contribution >= 4 is 14.5 Å². The lowest BCUT2D eigenvalue weighted by molar-refractivity contribution is -0.324. The molecule has 0 aliphatic carbocycles. The molecule has 0 aromatic carbocycles. The van der Waals surface area contributed by atoms with Gasteiger partial charge in [0.15, 0.2) is 13.9 Å². The molecule has 3 saturated heterocycles. The Balaban J connectivity index is 1.65. The highest BCUT2D eigenvalue weighted by molar-refractivity contribution is 6.74. The van der Waals surface area contributed by atoms with Gasteiger partial charge in [-0.3, -0.25) is 0 Å². The van der Waals surface area contributed by atoms with Crippen molar-refractivity contribution in [1.29, 1.82) is 0 Å². The minimum absolute atomic E-state index is 0.00160. The molecule has 6 heteroatoms. The first kappa shape index (κ1) is 16.1. The van der Waals surface area contributed by atoms with Crippen molar-refractivity contribution < 1.29 is 18.7 Å². The number of rotatable bonds is 2. The van der Waals surface area contributed by atoms with Crippen LogP contribution < -0.4 is 0 Å². The summed E-state index contributed by atoms with van der Waals surface area (Å²) in [4.78, 5) is 5.85. The summed E-state index contributed by atoms with van der Waals surface area (Å²) in [7, 11) is -1.87. The van der Waals surface area contributed by atoms with Crippen LogP contribution in [0.4, 0.5) is 0 Å². The summed E-state index contributed by atoms with van der Waals surface area (Å²) in [6.45, 7) is 15.7. The largest absolute Gasteiger partial charge is 0.411 e. The SMILES string of the molecule is CC12OC3(C)CC(O[Si](C)(C)C(C)(C)C)C1OC2C31CC=NO1. The van der Waals surface area contributed by atoms with E-state index >= 15 is 0 Å². The molecular weight excluding hydrogens is 310 g/mol. The van der Waals surface area contributed by atoms with E-state index in [-0.39, 0.29) is 29.0 Å². The lowest BCUT2D eigenvalue weighted by Crippen LogP contribution is -2.71. The monoisotopic (exact) mass is 339 g/mol. The molecule has 4 aliphatic heterocycles. The normalized spacial score (nSPS) is 51.0. The zero-order valence-corrected chi connectivity index (χ0v) is 16.3. The predicted octanol–water partition coefficient (Wildman–Crippen LogP) is 3.24. The summed E-state index contributed by atoms with van der Waals surface area (Å²) >= 11 is 0. The molecule has 1 spiro atoms. The molecule has 23 heavy (non-hydrogen) atoms. The van der Waals surface area contributed by atoms with Crippen LogP contribution in [-0.4, -0.2) is 49.6 Å². The van der Waals surface area contributed by atoms with Gasteiger partial charge in [-0.25, -0.2) is 0 Å². The van der Waals surface area contributed by atoms with Gasteiger partial charge in [-0.1, -0.05) is 25.9 Å². The maximum Gasteiger partial charge on any atom is 0.199 e. The van der Waals surface area contributed by atoms with Crippen LogP contribution in [0.5, 0.6) is 0 Å². The molecule has 130 valence electrons. The molecule has 6 unspecified atom stereocenters. The fraction of sp³-hybridized carbons (Fsp3) is 0.941. The Bertz CT molecular complexity index is 563. The second kappa shape index (κ2) is 4.21. The molecule has 5 nitrogen and oxygen atoms in total. The zero-order chi connectivity index (χ0) is 16.9. The van der Waals surface area contributed by atoms with Gasteiger partial charge in [0, 0.05) is 19.1 Å². The lowest BCUT2D eigenvalue weighted by atomic mass is 9.75. The first-order valence-corrected chi connectivity index (χ1v) is 11.6. The van der Waals surface area contributed by atoms with Gasteiger partial charge in [0.2, 0.25) is 0 Å². The van der Waals surface area contributed by atoms with Crippen molar-refractivity contribution in [1.82, 2.24) is 0 Å². The average Bonchev–Trinajstić information content (AvgIpc) is 2.84. The van der Waals surface area contributed by atoms with Gasteiger partial charge in [0.25, 0.3) is 0 Å². The van der Waals surface area contributed by atoms with Crippen molar-refractivity contribution in [2.24, 2.45) is 5.16 Å². The fourth-order valence-electron chi connectivity index (χ4n) is 4.66. The molecule has 0 amide bonds. The molecule has 2 bridgehead atoms. The molecule has 0 aromatic heterocycles. The molecular formula is C17H29NO4Si. The van der Waals surface area contributed by atoms with Crippen molar-refractivity contribution in [3.8, 4) is 0 Å². The van der Waals surface area contributed by atoms with E-state index < -0.39 is 19.5 Å². The van der Waals surface area contributed by atoms with Gasteiger partial charge < -0.3 is 18.7 Å². The van der Waals surface area contributed by atoms with Gasteiger partial charge >= 0.3 is 0 Å². The van der Waals surface area contributed by atoms with Gasteiger partial charge in [0.05, 0.1) is 6.10 Å². The van der Waals surface area contributed by atoms with Gasteiger partial charge in [-0.2, -0.15) is 0 Å². The lowest BCUT2D eigenvalue weighted by Gasteiger charge is -2.55. The highest BCUT2D eigenvalue weighted by Crippen LogP contribution is 2.65. The summed E-state index contributed by atoms with van der Waals surface area (Å²) < 4.78 is 19.6. The standard InChI is InChI=1S/C17H29NO4Si/c1-14(2,3)23(6,7)20-11-10-15(4)17(8-9-18-22-17)13-16(5,21-15)12(11)19-13/h9,11-13H,8,10H2,1-7H3. The van der Waals surface area contributed by atoms with Crippen LogP contribution in [0.3, 0.4) is 0 Å². The molecule has 3 fully saturated rings. The van der Waals surface area contributed by atoms with E-state index in [1.807, 2.05) is 6.21 Å². The van der Waals surface area contributed by atoms with Crippen molar-refractivity contribution in [3.63, 3.8) is 0 Å². The van der Waals surface area contributed by atoms with E-state index in [2.05, 4.69) is 52.9 Å². The zero-order valence-electron chi connectivity index (χ0n) is 15.3. The summed E-state index contributed by atoms with van der Waals surface area (Å²) in [6.07, 6.45) is 3.42. The molecule has 6 atom stereocenters. The van der Waals surface area contributed by atoms with E-state index in [1.54, 1.807) is 0 Å². The van der Waals surface area contributed by atoms with Crippen molar-refractivity contribution in [3.05, 3.63) is 0 Å². The van der Waals surface area contributed by atoms with Crippen LogP contribution in [0.1, 0.15) is 47.5 Å². The van der Waals surface area contributed by atoms with E-state index in [0.717, 1.165) is 12.8 Å². The van der Waals surface area contributed by atoms with Gasteiger partial charge in [-0.15, -0.1) is 0 Å². The highest BCUT2D eigenvalue weighted by Gasteiger charge is 2.83. The maximum atomic E-state index is 6.74. The summed E-state index contributed by atoms with van der Waals surface area (Å²) in [6, 6.07) is 0. The first-order chi connectivity index (χ1) is 10.5. The number of hydrogen-bond acceptors (Lipinski definition) is 5. The third-order valence-electron chi connectivity index (χ3n) is 7.00. The highest BCUT2D eigenvalue weighted by atomic mass is 28.4. The molecule has 4 heterocycles. The fourth-order valence-corrected chi connectivity index (χ4v) is 5.97. The second-order valence-electron chi connectivity index (χ2n) is 9.55.